The van der Waals surface area contributed by atoms with Crippen molar-refractivity contribution in [3.8, 4) is 22.6 Å². The van der Waals surface area contributed by atoms with E-state index in [2.05, 4.69) is 10.3 Å². The molecule has 1 saturated carbocycles. The number of anilines is 1. The van der Waals surface area contributed by atoms with E-state index in [0.29, 0.717) is 23.7 Å². The minimum atomic E-state index is -0.0864. The van der Waals surface area contributed by atoms with Crippen LogP contribution in [0.1, 0.15) is 49.4 Å². The normalized spacial score (nSPS) is 18.3. The number of halogens is 1. The third-order valence-electron chi connectivity index (χ3n) is 6.60. The van der Waals surface area contributed by atoms with Gasteiger partial charge in [0.1, 0.15) is 0 Å². The van der Waals surface area contributed by atoms with Crippen molar-refractivity contribution < 1.29 is 14.6 Å². The highest BCUT2D eigenvalue weighted by Crippen LogP contribution is 2.40. The molecule has 7 heteroatoms. The number of aromatic hydroxyl groups is 1. The van der Waals surface area contributed by atoms with Crippen LogP contribution in [-0.4, -0.2) is 35.6 Å². The van der Waals surface area contributed by atoms with Gasteiger partial charge >= 0.3 is 0 Å². The van der Waals surface area contributed by atoms with Crippen molar-refractivity contribution >= 4 is 34.0 Å². The molecule has 0 atom stereocenters. The molecular formula is C26H30ClN3O3. The number of carbonyl (C=O) groups excluding carboxylic acids is 1. The molecule has 6 nitrogen and oxygen atoms in total. The zero-order valence-corrected chi connectivity index (χ0v) is 19.8. The monoisotopic (exact) mass is 467 g/mol. The Kier molecular flexibility index (Phi) is 7.05. The average Bonchev–Trinajstić information content (AvgIpc) is 2.85. The lowest BCUT2D eigenvalue weighted by Crippen LogP contribution is -2.29. The minimum Gasteiger partial charge on any atom is -0.503 e. The van der Waals surface area contributed by atoms with Gasteiger partial charge in [-0.3, -0.25) is 9.78 Å². The predicted octanol–water partition coefficient (Wildman–Crippen LogP) is 5.79. The highest BCUT2D eigenvalue weighted by atomic mass is 35.5. The van der Waals surface area contributed by atoms with Crippen LogP contribution < -0.4 is 15.8 Å². The number of fused-ring (bicyclic) bond motifs is 1. The first-order chi connectivity index (χ1) is 15.9. The highest BCUT2D eigenvalue weighted by Gasteiger charge is 2.23. The molecule has 4 N–H and O–H groups in total. The molecule has 0 bridgehead atoms. The van der Waals surface area contributed by atoms with Crippen molar-refractivity contribution in [1.82, 2.24) is 4.98 Å². The maximum atomic E-state index is 12.8. The van der Waals surface area contributed by atoms with Gasteiger partial charge in [-0.25, -0.2) is 0 Å². The number of ether oxygens (including phenoxy) is 1. The smallest absolute Gasteiger partial charge is 0.176 e. The fraction of sp³-hybridized carbons (Fsp3) is 0.385. The van der Waals surface area contributed by atoms with Crippen molar-refractivity contribution in [3.63, 3.8) is 0 Å². The van der Waals surface area contributed by atoms with Gasteiger partial charge in [0.05, 0.1) is 28.9 Å². The Bertz CT molecular complexity index is 1170. The summed E-state index contributed by atoms with van der Waals surface area (Å²) in [5.41, 5.74) is 9.81. The van der Waals surface area contributed by atoms with Crippen LogP contribution in [0.2, 0.25) is 5.02 Å². The average molecular weight is 468 g/mol. The van der Waals surface area contributed by atoms with Gasteiger partial charge in [-0.05, 0) is 73.5 Å². The van der Waals surface area contributed by atoms with Gasteiger partial charge in [-0.1, -0.05) is 24.6 Å². The Balaban J connectivity index is 1.80. The van der Waals surface area contributed by atoms with E-state index in [4.69, 9.17) is 22.1 Å². The summed E-state index contributed by atoms with van der Waals surface area (Å²) in [6.07, 6.45) is 6.32. The Morgan fingerprint density at radius 2 is 1.97 bits per heavy atom. The van der Waals surface area contributed by atoms with Crippen LogP contribution in [0.25, 0.3) is 22.0 Å². The van der Waals surface area contributed by atoms with E-state index >= 15 is 0 Å². The Morgan fingerprint density at radius 1 is 1.21 bits per heavy atom. The molecule has 1 aliphatic carbocycles. The number of nitrogens with zero attached hydrogens (tertiary/aromatic N) is 1. The van der Waals surface area contributed by atoms with E-state index in [9.17, 15) is 9.90 Å². The molecule has 0 aliphatic heterocycles. The summed E-state index contributed by atoms with van der Waals surface area (Å²) in [7, 11) is 1.49. The van der Waals surface area contributed by atoms with E-state index in [1.54, 1.807) is 18.3 Å². The number of hydrogen-bond donors (Lipinski definition) is 3. The van der Waals surface area contributed by atoms with E-state index in [0.717, 1.165) is 59.9 Å². The zero-order chi connectivity index (χ0) is 23.5. The van der Waals surface area contributed by atoms with Gasteiger partial charge in [0, 0.05) is 24.0 Å². The maximum Gasteiger partial charge on any atom is 0.176 e. The van der Waals surface area contributed by atoms with Gasteiger partial charge in [-0.15, -0.1) is 0 Å². The second-order valence-corrected chi connectivity index (χ2v) is 9.07. The molecule has 0 saturated heterocycles. The Hall–Kier alpha value is -2.83. The van der Waals surface area contributed by atoms with Crippen LogP contribution in [0.15, 0.2) is 36.5 Å². The number of methoxy groups -OCH3 is 1. The van der Waals surface area contributed by atoms with Gasteiger partial charge in [0.25, 0.3) is 0 Å². The highest BCUT2D eigenvalue weighted by molar-refractivity contribution is 6.32. The third kappa shape index (κ3) is 4.77. The lowest BCUT2D eigenvalue weighted by Gasteiger charge is -2.30. The lowest BCUT2D eigenvalue weighted by molar-refractivity contribution is 0.0988. The number of phenols is 1. The zero-order valence-electron chi connectivity index (χ0n) is 19.0. The molecule has 1 fully saturated rings. The molecule has 1 heterocycles. The number of phenolic OH excluding ortho intramolecular Hbond substituents is 1. The van der Waals surface area contributed by atoms with Crippen molar-refractivity contribution in [1.29, 1.82) is 0 Å². The summed E-state index contributed by atoms with van der Waals surface area (Å²) in [6.45, 7) is 2.59. The number of rotatable bonds is 7. The summed E-state index contributed by atoms with van der Waals surface area (Å²) < 4.78 is 5.27. The second-order valence-electron chi connectivity index (χ2n) is 8.66. The first-order valence-corrected chi connectivity index (χ1v) is 11.8. The molecule has 174 valence electrons. The van der Waals surface area contributed by atoms with E-state index < -0.39 is 0 Å². The quantitative estimate of drug-likeness (QED) is 0.380. The van der Waals surface area contributed by atoms with Crippen molar-refractivity contribution in [3.05, 3.63) is 47.1 Å². The minimum absolute atomic E-state index is 0.0577. The number of nitrogens with one attached hydrogen (secondary N) is 1. The van der Waals surface area contributed by atoms with Gasteiger partial charge in [0.15, 0.2) is 17.3 Å². The van der Waals surface area contributed by atoms with Gasteiger partial charge in [-0.2, -0.15) is 0 Å². The van der Waals surface area contributed by atoms with Crippen LogP contribution >= 0.6 is 11.6 Å². The number of benzene rings is 2. The molecule has 3 aromatic rings. The van der Waals surface area contributed by atoms with Crippen LogP contribution in [0.4, 0.5) is 5.69 Å². The fourth-order valence-electron chi connectivity index (χ4n) is 4.57. The number of nitrogens with two attached hydrogens (primary N) is 1. The molecule has 4 rings (SSSR count). The third-order valence-corrected chi connectivity index (χ3v) is 6.89. The summed E-state index contributed by atoms with van der Waals surface area (Å²) >= 11 is 6.23. The molecular weight excluding hydrogens is 438 g/mol. The van der Waals surface area contributed by atoms with E-state index in [1.165, 1.54) is 7.11 Å². The number of pyridine rings is 1. The van der Waals surface area contributed by atoms with Crippen molar-refractivity contribution in [2.45, 2.75) is 45.1 Å². The van der Waals surface area contributed by atoms with Gasteiger partial charge in [0.2, 0.25) is 0 Å². The maximum absolute atomic E-state index is 12.8. The fourth-order valence-corrected chi connectivity index (χ4v) is 4.78. The predicted molar refractivity (Wildman–Crippen MR) is 133 cm³/mol. The van der Waals surface area contributed by atoms with Crippen molar-refractivity contribution in [2.24, 2.45) is 11.7 Å². The molecule has 0 unspecified atom stereocenters. The van der Waals surface area contributed by atoms with Crippen LogP contribution in [0.3, 0.4) is 0 Å². The van der Waals surface area contributed by atoms with Crippen LogP contribution in [0.5, 0.6) is 11.5 Å². The summed E-state index contributed by atoms with van der Waals surface area (Å²) in [4.78, 5) is 17.3. The standard InChI is InChI=1S/C26H30ClN3O3/c1-3-23(31)20-14-29-22-9-6-16(17-11-21(27)26(32)24(12-17)33-2)10-19(22)25(20)30-18-7-4-15(13-28)5-8-18/h6,9-12,14-15,18,32H,3-5,7-8,13,28H2,1-2H3,(H,29,30)/t15-,18-. The summed E-state index contributed by atoms with van der Waals surface area (Å²) in [5, 5.41) is 14.9. The molecule has 1 aromatic heterocycles. The van der Waals surface area contributed by atoms with Crippen LogP contribution in [-0.2, 0) is 0 Å². The van der Waals surface area contributed by atoms with E-state index in [-0.39, 0.29) is 22.6 Å². The largest absolute Gasteiger partial charge is 0.503 e. The SMILES string of the molecule is CCC(=O)c1cnc2ccc(-c3cc(Cl)c(O)c(OC)c3)cc2c1N[C@H]1CC[C@H](CN)CC1. The molecule has 0 amide bonds. The Labute approximate surface area is 199 Å². The molecule has 2 aromatic carbocycles. The summed E-state index contributed by atoms with van der Waals surface area (Å²) in [5.74, 6) is 0.856. The van der Waals surface area contributed by atoms with E-state index in [1.807, 2.05) is 25.1 Å². The number of ketones is 1. The number of hydrogen-bond acceptors (Lipinski definition) is 6. The first kappa shape index (κ1) is 23.3. The van der Waals surface area contributed by atoms with Gasteiger partial charge < -0.3 is 20.9 Å². The molecule has 0 radical (unpaired) electrons. The van der Waals surface area contributed by atoms with Crippen molar-refractivity contribution in [2.75, 3.05) is 19.0 Å². The molecule has 0 spiro atoms. The molecule has 1 aliphatic rings. The summed E-state index contributed by atoms with van der Waals surface area (Å²) in [6, 6.07) is 9.65. The number of carbonyl (C=O) groups is 1. The van der Waals surface area contributed by atoms with Crippen LogP contribution in [0, 0.1) is 5.92 Å². The number of aromatic nitrogens is 1. The molecule has 33 heavy (non-hydrogen) atoms. The lowest BCUT2D eigenvalue weighted by atomic mass is 9.86. The first-order valence-electron chi connectivity index (χ1n) is 11.4. The topological polar surface area (TPSA) is 97.5 Å². The number of Topliss-reactive ketones (excluding diaryl/α,β-unsaturated/α-hetero) is 1. The Morgan fingerprint density at radius 3 is 2.64 bits per heavy atom. The second kappa shape index (κ2) is 9.98.